The van der Waals surface area contributed by atoms with Gasteiger partial charge in [-0.3, -0.25) is 0 Å². The summed E-state index contributed by atoms with van der Waals surface area (Å²) in [5, 5.41) is 2.10. The van der Waals surface area contributed by atoms with Crippen LogP contribution in [0.5, 0.6) is 0 Å². The summed E-state index contributed by atoms with van der Waals surface area (Å²) in [6.45, 7) is 0.303. The number of aryl methyl sites for hydroxylation is 1. The van der Waals surface area contributed by atoms with Gasteiger partial charge in [0.2, 0.25) is 0 Å². The van der Waals surface area contributed by atoms with Crippen LogP contribution >= 0.6 is 0 Å². The predicted octanol–water partition coefficient (Wildman–Crippen LogP) is 5.48. The van der Waals surface area contributed by atoms with Crippen LogP contribution in [0.25, 0.3) is 22.6 Å². The molecule has 3 rings (SSSR count). The highest BCUT2D eigenvalue weighted by atomic mass is 19.4. The number of aromatic amines is 1. The number of rotatable bonds is 6. The summed E-state index contributed by atoms with van der Waals surface area (Å²) in [5.41, 5.74) is -0.385. The molecule has 0 spiro atoms. The van der Waals surface area contributed by atoms with Gasteiger partial charge in [0, 0.05) is 18.3 Å². The number of hydrogen-bond acceptors (Lipinski definition) is 3. The summed E-state index contributed by atoms with van der Waals surface area (Å²) in [6.07, 6.45) is -2.31. The van der Waals surface area contributed by atoms with Crippen molar-refractivity contribution in [2.75, 3.05) is 11.9 Å². The molecular weight excluding hydrogens is 398 g/mol. The second-order valence-electron chi connectivity index (χ2n) is 6.26. The fourth-order valence-electron chi connectivity index (χ4n) is 2.87. The summed E-state index contributed by atoms with van der Waals surface area (Å²) in [5.74, 6) is -3.99. The Kier molecular flexibility index (Phi) is 5.81. The number of hydrogen-bond donors (Lipinski definition) is 2. The van der Waals surface area contributed by atoms with Crippen LogP contribution in [-0.2, 0) is 6.42 Å². The van der Waals surface area contributed by atoms with Gasteiger partial charge in [-0.1, -0.05) is 13.3 Å². The molecule has 154 valence electrons. The third-order valence-electron chi connectivity index (χ3n) is 4.02. The Bertz CT molecular complexity index is 976. The Morgan fingerprint density at radius 3 is 2.28 bits per heavy atom. The molecule has 4 nitrogen and oxygen atoms in total. The first-order chi connectivity index (χ1) is 13.7. The molecule has 0 aliphatic heterocycles. The Labute approximate surface area is 162 Å². The number of H-pyrrole nitrogens is 1. The SMILES string of the molecule is CCCc1nc(-c2ccc[nH]2)nc(NCC(F)(F)F)c1-c1c(F)cc(F)cc1F. The molecule has 0 amide bonds. The Morgan fingerprint density at radius 2 is 1.72 bits per heavy atom. The minimum Gasteiger partial charge on any atom is -0.361 e. The van der Waals surface area contributed by atoms with Crippen LogP contribution < -0.4 is 5.32 Å². The van der Waals surface area contributed by atoms with E-state index in [0.717, 1.165) is 0 Å². The third kappa shape index (κ3) is 4.69. The van der Waals surface area contributed by atoms with E-state index in [4.69, 9.17) is 0 Å². The average Bonchev–Trinajstić information content (AvgIpc) is 3.14. The Hall–Kier alpha value is -3.04. The first-order valence-electron chi connectivity index (χ1n) is 8.69. The van der Waals surface area contributed by atoms with Crippen LogP contribution in [0, 0.1) is 17.5 Å². The lowest BCUT2D eigenvalue weighted by atomic mass is 10.00. The second-order valence-corrected chi connectivity index (χ2v) is 6.26. The van der Waals surface area contributed by atoms with E-state index in [2.05, 4.69) is 20.3 Å². The minimum absolute atomic E-state index is 0.0646. The molecule has 0 unspecified atom stereocenters. The van der Waals surface area contributed by atoms with Gasteiger partial charge in [-0.15, -0.1) is 0 Å². The fraction of sp³-hybridized carbons (Fsp3) is 0.263. The van der Waals surface area contributed by atoms with Crippen molar-refractivity contribution in [3.8, 4) is 22.6 Å². The molecule has 0 saturated heterocycles. The van der Waals surface area contributed by atoms with Crippen molar-refractivity contribution in [3.63, 3.8) is 0 Å². The molecule has 0 saturated carbocycles. The predicted molar refractivity (Wildman–Crippen MR) is 95.7 cm³/mol. The zero-order chi connectivity index (χ0) is 21.2. The molecule has 2 heterocycles. The van der Waals surface area contributed by atoms with Crippen LogP contribution in [-0.4, -0.2) is 27.7 Å². The molecular formula is C19H16F6N4. The zero-order valence-electron chi connectivity index (χ0n) is 15.2. The van der Waals surface area contributed by atoms with Gasteiger partial charge in [0.05, 0.1) is 22.5 Å². The standard InChI is InChI=1S/C19H16F6N4/c1-2-4-13-16(15-11(21)7-10(20)8-12(15)22)18(27-9-19(23,24)25)29-17(28-13)14-5-3-6-26-14/h3,5-8,26H,2,4,9H2,1H3,(H,27,28,29). The van der Waals surface area contributed by atoms with E-state index in [0.29, 0.717) is 24.2 Å². The maximum Gasteiger partial charge on any atom is 0.405 e. The number of anilines is 1. The normalized spacial score (nSPS) is 11.7. The molecule has 2 aromatic heterocycles. The summed E-state index contributed by atoms with van der Waals surface area (Å²) in [7, 11) is 0. The van der Waals surface area contributed by atoms with E-state index < -0.39 is 41.6 Å². The maximum absolute atomic E-state index is 14.5. The number of aromatic nitrogens is 3. The molecule has 0 fully saturated rings. The summed E-state index contributed by atoms with van der Waals surface area (Å²) in [4.78, 5) is 11.2. The number of alkyl halides is 3. The van der Waals surface area contributed by atoms with Gasteiger partial charge in [-0.2, -0.15) is 13.2 Å². The molecule has 0 atom stereocenters. The molecule has 0 bridgehead atoms. The number of benzene rings is 1. The molecule has 10 heteroatoms. The van der Waals surface area contributed by atoms with Crippen molar-refractivity contribution in [1.29, 1.82) is 0 Å². The quantitative estimate of drug-likeness (QED) is 0.525. The third-order valence-corrected chi connectivity index (χ3v) is 4.02. The first kappa shape index (κ1) is 20.7. The summed E-state index contributed by atoms with van der Waals surface area (Å²) < 4.78 is 80.7. The van der Waals surface area contributed by atoms with Crippen LogP contribution in [0.15, 0.2) is 30.5 Å². The van der Waals surface area contributed by atoms with Crippen LogP contribution in [0.2, 0.25) is 0 Å². The van der Waals surface area contributed by atoms with E-state index in [1.54, 1.807) is 25.3 Å². The molecule has 0 aliphatic carbocycles. The van der Waals surface area contributed by atoms with E-state index in [-0.39, 0.29) is 23.5 Å². The number of nitrogens with one attached hydrogen (secondary N) is 2. The highest BCUT2D eigenvalue weighted by Gasteiger charge is 2.29. The van der Waals surface area contributed by atoms with Crippen molar-refractivity contribution >= 4 is 5.82 Å². The largest absolute Gasteiger partial charge is 0.405 e. The lowest BCUT2D eigenvalue weighted by Gasteiger charge is -2.18. The highest BCUT2D eigenvalue weighted by molar-refractivity contribution is 5.79. The van der Waals surface area contributed by atoms with Gasteiger partial charge in [-0.25, -0.2) is 23.1 Å². The second kappa shape index (κ2) is 8.14. The number of halogens is 6. The lowest BCUT2D eigenvalue weighted by molar-refractivity contribution is -0.115. The van der Waals surface area contributed by atoms with Crippen molar-refractivity contribution in [1.82, 2.24) is 15.0 Å². The zero-order valence-corrected chi connectivity index (χ0v) is 15.2. The van der Waals surface area contributed by atoms with Crippen LogP contribution in [0.3, 0.4) is 0 Å². The molecule has 0 aliphatic rings. The van der Waals surface area contributed by atoms with Gasteiger partial charge in [0.15, 0.2) is 5.82 Å². The van der Waals surface area contributed by atoms with E-state index in [1.807, 2.05) is 0 Å². The first-order valence-corrected chi connectivity index (χ1v) is 8.69. The lowest BCUT2D eigenvalue weighted by Crippen LogP contribution is -2.23. The fourth-order valence-corrected chi connectivity index (χ4v) is 2.87. The van der Waals surface area contributed by atoms with E-state index in [1.165, 1.54) is 0 Å². The Balaban J connectivity index is 2.26. The minimum atomic E-state index is -4.60. The summed E-state index contributed by atoms with van der Waals surface area (Å²) in [6, 6.07) is 4.17. The van der Waals surface area contributed by atoms with Gasteiger partial charge in [0.25, 0.3) is 0 Å². The van der Waals surface area contributed by atoms with E-state index >= 15 is 0 Å². The molecule has 2 N–H and O–H groups in total. The Morgan fingerprint density at radius 1 is 1.03 bits per heavy atom. The van der Waals surface area contributed by atoms with Crippen molar-refractivity contribution in [2.45, 2.75) is 25.9 Å². The van der Waals surface area contributed by atoms with Gasteiger partial charge in [0.1, 0.15) is 29.8 Å². The number of nitrogens with zero attached hydrogens (tertiary/aromatic N) is 2. The summed E-state index contributed by atoms with van der Waals surface area (Å²) >= 11 is 0. The molecule has 1 aromatic carbocycles. The van der Waals surface area contributed by atoms with Crippen molar-refractivity contribution in [3.05, 3.63) is 53.6 Å². The smallest absolute Gasteiger partial charge is 0.361 e. The molecule has 3 aromatic rings. The highest BCUT2D eigenvalue weighted by Crippen LogP contribution is 2.36. The van der Waals surface area contributed by atoms with Crippen LogP contribution in [0.1, 0.15) is 19.0 Å². The molecule has 0 radical (unpaired) electrons. The topological polar surface area (TPSA) is 53.6 Å². The average molecular weight is 414 g/mol. The van der Waals surface area contributed by atoms with Gasteiger partial charge in [-0.05, 0) is 18.6 Å². The van der Waals surface area contributed by atoms with Gasteiger partial charge >= 0.3 is 6.18 Å². The monoisotopic (exact) mass is 414 g/mol. The maximum atomic E-state index is 14.5. The molecule has 29 heavy (non-hydrogen) atoms. The van der Waals surface area contributed by atoms with Crippen molar-refractivity contribution in [2.24, 2.45) is 0 Å². The van der Waals surface area contributed by atoms with Crippen molar-refractivity contribution < 1.29 is 26.3 Å². The van der Waals surface area contributed by atoms with E-state index in [9.17, 15) is 26.3 Å². The van der Waals surface area contributed by atoms with Gasteiger partial charge < -0.3 is 10.3 Å². The van der Waals surface area contributed by atoms with Crippen LogP contribution in [0.4, 0.5) is 32.2 Å².